The van der Waals surface area contributed by atoms with E-state index in [2.05, 4.69) is 22.8 Å². The van der Waals surface area contributed by atoms with E-state index in [0.717, 1.165) is 22.3 Å². The fraction of sp³-hybridized carbons (Fsp3) is 0.269. The molecule has 0 saturated carbocycles. The molecule has 0 bridgehead atoms. The van der Waals surface area contributed by atoms with E-state index in [1.54, 1.807) is 0 Å². The van der Waals surface area contributed by atoms with Gasteiger partial charge in [-0.25, -0.2) is 9.59 Å². The van der Waals surface area contributed by atoms with Crippen LogP contribution in [0.25, 0.3) is 11.1 Å². The third kappa shape index (κ3) is 5.04. The Bertz CT molecular complexity index is 1210. The number of ether oxygens (including phenoxy) is 2. The lowest BCUT2D eigenvalue weighted by Gasteiger charge is -2.24. The molecule has 0 saturated heterocycles. The van der Waals surface area contributed by atoms with Gasteiger partial charge in [-0.3, -0.25) is 4.79 Å². The molecule has 1 heterocycles. The summed E-state index contributed by atoms with van der Waals surface area (Å²) in [5, 5.41) is 14.4. The summed E-state index contributed by atoms with van der Waals surface area (Å²) in [7, 11) is 1.34. The number of nitrogens with one attached hydrogen (secondary N) is 2. The van der Waals surface area contributed by atoms with Gasteiger partial charge < -0.3 is 29.6 Å². The second kappa shape index (κ2) is 10.0. The number of carboxylic acid groups (broad SMARTS) is 1. The van der Waals surface area contributed by atoms with Crippen molar-refractivity contribution in [1.82, 2.24) is 10.6 Å². The molecule has 3 N–H and O–H groups in total. The summed E-state index contributed by atoms with van der Waals surface area (Å²) in [5.74, 6) is -1.77. The van der Waals surface area contributed by atoms with Crippen molar-refractivity contribution >= 4 is 18.0 Å². The van der Waals surface area contributed by atoms with Gasteiger partial charge in [0.25, 0.3) is 5.91 Å². The highest BCUT2D eigenvalue weighted by Gasteiger charge is 2.36. The van der Waals surface area contributed by atoms with Crippen LogP contribution >= 0.6 is 0 Å². The van der Waals surface area contributed by atoms with Crippen LogP contribution in [0.1, 0.15) is 40.3 Å². The van der Waals surface area contributed by atoms with Gasteiger partial charge in [0.2, 0.25) is 0 Å². The molecule has 1 unspecified atom stereocenters. The van der Waals surface area contributed by atoms with E-state index in [1.807, 2.05) is 36.4 Å². The molecule has 0 radical (unpaired) electrons. The van der Waals surface area contributed by atoms with Gasteiger partial charge in [0, 0.05) is 13.0 Å². The van der Waals surface area contributed by atoms with E-state index in [0.29, 0.717) is 5.76 Å². The van der Waals surface area contributed by atoms with Crippen LogP contribution in [0.15, 0.2) is 65.1 Å². The van der Waals surface area contributed by atoms with Gasteiger partial charge in [0.05, 0.1) is 13.2 Å². The predicted octanol–water partition coefficient (Wildman–Crippen LogP) is 3.54. The van der Waals surface area contributed by atoms with Gasteiger partial charge >= 0.3 is 12.1 Å². The van der Waals surface area contributed by atoms with E-state index in [1.165, 1.54) is 26.2 Å². The highest BCUT2D eigenvalue weighted by Crippen LogP contribution is 2.44. The normalized spacial score (nSPS) is 13.9. The van der Waals surface area contributed by atoms with E-state index in [4.69, 9.17) is 13.9 Å². The fourth-order valence-electron chi connectivity index (χ4n) is 4.16. The number of hydrogen-bond acceptors (Lipinski definition) is 6. The molecule has 35 heavy (non-hydrogen) atoms. The standard InChI is InChI=1S/C26H26N2O7/c1-26(15-33-2,24(30)31)28-23(29)22-12-11-16(35-22)13-27-25(32)34-14-21-19-9-5-3-7-17(19)18-8-4-6-10-20(18)21/h3-12,21H,13-15H2,1-2H3,(H,27,32)(H,28,29)(H,30,31). The average Bonchev–Trinajstić information content (AvgIpc) is 3.45. The monoisotopic (exact) mass is 478 g/mol. The van der Waals surface area contributed by atoms with Crippen molar-refractivity contribution in [3.05, 3.63) is 83.3 Å². The van der Waals surface area contributed by atoms with Crippen molar-refractivity contribution in [2.75, 3.05) is 20.3 Å². The lowest BCUT2D eigenvalue weighted by Crippen LogP contribution is -2.55. The molecule has 9 nitrogen and oxygen atoms in total. The van der Waals surface area contributed by atoms with Crippen LogP contribution in [-0.4, -0.2) is 48.9 Å². The van der Waals surface area contributed by atoms with Crippen LogP contribution in [0.3, 0.4) is 0 Å². The highest BCUT2D eigenvalue weighted by molar-refractivity contribution is 5.95. The smallest absolute Gasteiger partial charge is 0.407 e. The molecule has 1 aliphatic rings. The predicted molar refractivity (Wildman–Crippen MR) is 126 cm³/mol. The Balaban J connectivity index is 1.32. The number of rotatable bonds is 9. The molecule has 1 aromatic heterocycles. The molecule has 3 aromatic rings. The molecule has 9 heteroatoms. The van der Waals surface area contributed by atoms with Crippen LogP contribution in [0.4, 0.5) is 4.79 Å². The van der Waals surface area contributed by atoms with Gasteiger partial charge in [-0.1, -0.05) is 48.5 Å². The first-order chi connectivity index (χ1) is 16.8. The summed E-state index contributed by atoms with van der Waals surface area (Å²) < 4.78 is 15.8. The summed E-state index contributed by atoms with van der Waals surface area (Å²) in [4.78, 5) is 36.2. The average molecular weight is 479 g/mol. The van der Waals surface area contributed by atoms with Crippen molar-refractivity contribution in [2.45, 2.75) is 24.9 Å². The van der Waals surface area contributed by atoms with Crippen molar-refractivity contribution in [2.24, 2.45) is 0 Å². The molecule has 2 amide bonds. The number of carbonyl (C=O) groups is 3. The van der Waals surface area contributed by atoms with Gasteiger partial charge in [0.15, 0.2) is 11.3 Å². The van der Waals surface area contributed by atoms with Crippen LogP contribution in [0.2, 0.25) is 0 Å². The zero-order valence-corrected chi connectivity index (χ0v) is 19.4. The summed E-state index contributed by atoms with van der Waals surface area (Å²) in [5.41, 5.74) is 2.90. The molecule has 0 spiro atoms. The summed E-state index contributed by atoms with van der Waals surface area (Å²) in [6.07, 6.45) is -0.618. The second-order valence-electron chi connectivity index (χ2n) is 8.47. The first kappa shape index (κ1) is 24.0. The second-order valence-corrected chi connectivity index (χ2v) is 8.47. The van der Waals surface area contributed by atoms with Crippen molar-refractivity contribution in [1.29, 1.82) is 0 Å². The summed E-state index contributed by atoms with van der Waals surface area (Å²) >= 11 is 0. The zero-order chi connectivity index (χ0) is 25.0. The van der Waals surface area contributed by atoms with E-state index in [-0.39, 0.29) is 31.4 Å². The zero-order valence-electron chi connectivity index (χ0n) is 19.4. The number of carbonyl (C=O) groups excluding carboxylic acids is 2. The number of carboxylic acids is 1. The Kier molecular flexibility index (Phi) is 6.88. The molecule has 0 fully saturated rings. The Morgan fingerprint density at radius 2 is 1.63 bits per heavy atom. The van der Waals surface area contributed by atoms with Gasteiger partial charge in [-0.15, -0.1) is 0 Å². The molecule has 182 valence electrons. The van der Waals surface area contributed by atoms with E-state index in [9.17, 15) is 19.5 Å². The maximum atomic E-state index is 12.4. The largest absolute Gasteiger partial charge is 0.479 e. The number of methoxy groups -OCH3 is 1. The topological polar surface area (TPSA) is 127 Å². The quantitative estimate of drug-likeness (QED) is 0.429. The van der Waals surface area contributed by atoms with Gasteiger partial charge in [0.1, 0.15) is 12.4 Å². The molecule has 1 atom stereocenters. The van der Waals surface area contributed by atoms with Crippen LogP contribution in [-0.2, 0) is 20.8 Å². The number of fused-ring (bicyclic) bond motifs is 3. The highest BCUT2D eigenvalue weighted by atomic mass is 16.5. The molecule has 1 aliphatic carbocycles. The van der Waals surface area contributed by atoms with Crippen molar-refractivity contribution in [3.63, 3.8) is 0 Å². The first-order valence-electron chi connectivity index (χ1n) is 11.0. The Labute approximate surface area is 202 Å². The SMILES string of the molecule is COCC(C)(NC(=O)c1ccc(CNC(=O)OCC2c3ccccc3-c3ccccc32)o1)C(=O)O. The molecular weight excluding hydrogens is 452 g/mol. The first-order valence-corrected chi connectivity index (χ1v) is 11.0. The van der Waals surface area contributed by atoms with Crippen LogP contribution in [0, 0.1) is 0 Å². The maximum Gasteiger partial charge on any atom is 0.407 e. The number of amides is 2. The van der Waals surface area contributed by atoms with E-state index < -0.39 is 23.5 Å². The van der Waals surface area contributed by atoms with Crippen molar-refractivity contribution in [3.8, 4) is 11.1 Å². The number of benzene rings is 2. The van der Waals surface area contributed by atoms with Gasteiger partial charge in [-0.05, 0) is 41.3 Å². The number of furan rings is 1. The maximum absolute atomic E-state index is 12.4. The van der Waals surface area contributed by atoms with Crippen LogP contribution in [0.5, 0.6) is 0 Å². The number of hydrogen-bond donors (Lipinski definition) is 3. The van der Waals surface area contributed by atoms with Gasteiger partial charge in [-0.2, -0.15) is 0 Å². The summed E-state index contributed by atoms with van der Waals surface area (Å²) in [6, 6.07) is 19.0. The van der Waals surface area contributed by atoms with E-state index >= 15 is 0 Å². The molecule has 0 aliphatic heterocycles. The third-order valence-electron chi connectivity index (χ3n) is 5.93. The Morgan fingerprint density at radius 1 is 1.00 bits per heavy atom. The summed E-state index contributed by atoms with van der Waals surface area (Å²) in [6.45, 7) is 1.29. The fourth-order valence-corrected chi connectivity index (χ4v) is 4.16. The number of alkyl carbamates (subject to hydrolysis) is 1. The Morgan fingerprint density at radius 3 is 2.23 bits per heavy atom. The lowest BCUT2D eigenvalue weighted by atomic mass is 9.98. The lowest BCUT2D eigenvalue weighted by molar-refractivity contribution is -0.145. The van der Waals surface area contributed by atoms with Crippen molar-refractivity contribution < 1.29 is 33.4 Å². The molecule has 2 aromatic carbocycles. The minimum Gasteiger partial charge on any atom is -0.479 e. The Hall–Kier alpha value is -4.11. The number of aliphatic carboxylic acids is 1. The van der Waals surface area contributed by atoms with Crippen LogP contribution < -0.4 is 10.6 Å². The third-order valence-corrected chi connectivity index (χ3v) is 5.93. The molecular formula is C26H26N2O7. The minimum absolute atomic E-state index is 0.00176. The molecule has 4 rings (SSSR count). The minimum atomic E-state index is -1.61.